The summed E-state index contributed by atoms with van der Waals surface area (Å²) in [7, 11) is 1.56. The van der Waals surface area contributed by atoms with E-state index in [1.807, 2.05) is 24.3 Å². The molecule has 0 bridgehead atoms. The Bertz CT molecular complexity index is 722. The molecule has 0 atom stereocenters. The Morgan fingerprint density at radius 2 is 1.78 bits per heavy atom. The summed E-state index contributed by atoms with van der Waals surface area (Å²) in [5.74, 6) is 0.431. The highest BCUT2D eigenvalue weighted by atomic mass is 35.5. The summed E-state index contributed by atoms with van der Waals surface area (Å²) in [6.45, 7) is 8.41. The fourth-order valence-corrected chi connectivity index (χ4v) is 2.67. The van der Waals surface area contributed by atoms with Gasteiger partial charge in [-0.15, -0.1) is 24.8 Å². The number of nitrogens with two attached hydrogens (primary N) is 1. The molecule has 0 aliphatic rings. The van der Waals surface area contributed by atoms with Gasteiger partial charge in [-0.25, -0.2) is 0 Å². The van der Waals surface area contributed by atoms with E-state index in [-0.39, 0.29) is 30.7 Å². The zero-order valence-corrected chi connectivity index (χ0v) is 17.8. The van der Waals surface area contributed by atoms with E-state index in [1.165, 1.54) is 5.56 Å². The van der Waals surface area contributed by atoms with Gasteiger partial charge in [0.1, 0.15) is 5.75 Å². The molecule has 3 N–H and O–H groups in total. The Balaban J connectivity index is 0.00000338. The number of methoxy groups -OCH3 is 1. The lowest BCUT2D eigenvalue weighted by Gasteiger charge is -2.24. The van der Waals surface area contributed by atoms with E-state index in [4.69, 9.17) is 10.5 Å². The van der Waals surface area contributed by atoms with Crippen LogP contribution in [0.25, 0.3) is 0 Å². The first-order valence-corrected chi connectivity index (χ1v) is 8.52. The van der Waals surface area contributed by atoms with Gasteiger partial charge in [-0.3, -0.25) is 9.69 Å². The fourth-order valence-electron chi connectivity index (χ4n) is 2.67. The topological polar surface area (TPSA) is 67.6 Å². The molecular weight excluding hydrogens is 385 g/mol. The highest BCUT2D eigenvalue weighted by molar-refractivity contribution is 6.04. The summed E-state index contributed by atoms with van der Waals surface area (Å²) >= 11 is 0. The van der Waals surface area contributed by atoms with Crippen LogP contribution >= 0.6 is 24.8 Å². The molecule has 0 unspecified atom stereocenters. The van der Waals surface area contributed by atoms with E-state index in [0.29, 0.717) is 28.7 Å². The third-order valence-electron chi connectivity index (χ3n) is 4.23. The second-order valence-corrected chi connectivity index (χ2v) is 6.26. The van der Waals surface area contributed by atoms with Crippen molar-refractivity contribution in [2.24, 2.45) is 0 Å². The van der Waals surface area contributed by atoms with Gasteiger partial charge in [0, 0.05) is 23.8 Å². The van der Waals surface area contributed by atoms with Crippen LogP contribution in [-0.4, -0.2) is 30.5 Å². The van der Waals surface area contributed by atoms with Gasteiger partial charge in [0.25, 0.3) is 5.91 Å². The van der Waals surface area contributed by atoms with Gasteiger partial charge >= 0.3 is 0 Å². The molecule has 150 valence electrons. The zero-order chi connectivity index (χ0) is 18.4. The first-order chi connectivity index (χ1) is 11.9. The number of nitrogens with one attached hydrogen (secondary N) is 1. The highest BCUT2D eigenvalue weighted by Crippen LogP contribution is 2.24. The number of halogens is 2. The van der Waals surface area contributed by atoms with E-state index in [9.17, 15) is 4.79 Å². The van der Waals surface area contributed by atoms with Crippen molar-refractivity contribution in [2.45, 2.75) is 33.4 Å². The Kier molecular flexibility index (Phi) is 10.9. The predicted octanol–water partition coefficient (Wildman–Crippen LogP) is 4.60. The third kappa shape index (κ3) is 6.94. The van der Waals surface area contributed by atoms with Gasteiger partial charge in [0.2, 0.25) is 0 Å². The predicted molar refractivity (Wildman–Crippen MR) is 118 cm³/mol. The van der Waals surface area contributed by atoms with E-state index < -0.39 is 0 Å². The normalized spacial score (nSPS) is 10.1. The Hall–Kier alpha value is -1.95. The number of rotatable bonds is 7. The number of hydrogen-bond acceptors (Lipinski definition) is 4. The van der Waals surface area contributed by atoms with E-state index in [1.54, 1.807) is 25.3 Å². The van der Waals surface area contributed by atoms with Gasteiger partial charge in [-0.1, -0.05) is 19.1 Å². The molecule has 0 aliphatic heterocycles. The maximum Gasteiger partial charge on any atom is 0.255 e. The average molecular weight is 414 g/mol. The SMILES string of the molecule is CCN(Cc1ccc(C(=O)Nc2ccc(OC)c(N)c2)cc1)C(C)C.Cl.Cl. The standard InChI is InChI=1S/C20H27N3O2.2ClH/c1-5-23(14(2)3)13-15-6-8-16(9-7-15)20(24)22-17-10-11-19(25-4)18(21)12-17;;/h6-12,14H,5,13,21H2,1-4H3,(H,22,24);2*1H. The Morgan fingerprint density at radius 3 is 2.26 bits per heavy atom. The number of carbonyl (C=O) groups is 1. The van der Waals surface area contributed by atoms with Crippen LogP contribution in [0.2, 0.25) is 0 Å². The Morgan fingerprint density at radius 1 is 1.15 bits per heavy atom. The van der Waals surface area contributed by atoms with Crippen LogP contribution < -0.4 is 15.8 Å². The lowest BCUT2D eigenvalue weighted by molar-refractivity contribution is 0.102. The van der Waals surface area contributed by atoms with Crippen molar-refractivity contribution in [3.8, 4) is 5.75 Å². The van der Waals surface area contributed by atoms with Crippen molar-refractivity contribution in [3.63, 3.8) is 0 Å². The number of nitrogen functional groups attached to an aromatic ring is 1. The third-order valence-corrected chi connectivity index (χ3v) is 4.23. The average Bonchev–Trinajstić information content (AvgIpc) is 2.60. The number of nitrogens with zero attached hydrogens (tertiary/aromatic N) is 1. The number of ether oxygens (including phenoxy) is 1. The van der Waals surface area contributed by atoms with E-state index in [2.05, 4.69) is 31.0 Å². The summed E-state index contributed by atoms with van der Waals surface area (Å²) in [4.78, 5) is 14.8. The molecule has 0 aromatic heterocycles. The van der Waals surface area contributed by atoms with E-state index >= 15 is 0 Å². The van der Waals surface area contributed by atoms with Crippen LogP contribution in [0.1, 0.15) is 36.7 Å². The quantitative estimate of drug-likeness (QED) is 0.650. The minimum absolute atomic E-state index is 0. The zero-order valence-electron chi connectivity index (χ0n) is 16.2. The minimum Gasteiger partial charge on any atom is -0.495 e. The smallest absolute Gasteiger partial charge is 0.255 e. The van der Waals surface area contributed by atoms with Gasteiger partial charge < -0.3 is 15.8 Å². The molecule has 0 spiro atoms. The van der Waals surface area contributed by atoms with Crippen LogP contribution in [0.15, 0.2) is 42.5 Å². The highest BCUT2D eigenvalue weighted by Gasteiger charge is 2.10. The number of anilines is 2. The molecule has 7 heteroatoms. The lowest BCUT2D eigenvalue weighted by Crippen LogP contribution is -2.29. The largest absolute Gasteiger partial charge is 0.495 e. The molecule has 2 aromatic carbocycles. The van der Waals surface area contributed by atoms with Gasteiger partial charge in [0.05, 0.1) is 12.8 Å². The second-order valence-electron chi connectivity index (χ2n) is 6.26. The molecule has 1 amide bonds. The minimum atomic E-state index is -0.160. The van der Waals surface area contributed by atoms with E-state index in [0.717, 1.165) is 13.1 Å². The van der Waals surface area contributed by atoms with Crippen LogP contribution in [0.3, 0.4) is 0 Å². The summed E-state index contributed by atoms with van der Waals surface area (Å²) in [6.07, 6.45) is 0. The van der Waals surface area contributed by atoms with Crippen molar-refractivity contribution >= 4 is 42.1 Å². The first kappa shape index (κ1) is 25.1. The molecule has 0 heterocycles. The molecule has 5 nitrogen and oxygen atoms in total. The number of hydrogen-bond donors (Lipinski definition) is 2. The van der Waals surface area contributed by atoms with Crippen molar-refractivity contribution in [3.05, 3.63) is 53.6 Å². The molecule has 0 aliphatic carbocycles. The molecule has 0 fully saturated rings. The molecule has 0 saturated carbocycles. The molecule has 27 heavy (non-hydrogen) atoms. The summed E-state index contributed by atoms with van der Waals surface area (Å²) in [5.41, 5.74) is 8.81. The van der Waals surface area contributed by atoms with Crippen LogP contribution in [-0.2, 0) is 6.54 Å². The molecule has 0 radical (unpaired) electrons. The van der Waals surface area contributed by atoms with Crippen LogP contribution in [0.4, 0.5) is 11.4 Å². The van der Waals surface area contributed by atoms with Gasteiger partial charge in [-0.05, 0) is 56.3 Å². The first-order valence-electron chi connectivity index (χ1n) is 8.52. The summed E-state index contributed by atoms with van der Waals surface area (Å²) in [6, 6.07) is 13.4. The fraction of sp³-hybridized carbons (Fsp3) is 0.350. The number of amides is 1. The molecular formula is C20H29Cl2N3O2. The van der Waals surface area contributed by atoms with Crippen molar-refractivity contribution in [1.82, 2.24) is 4.90 Å². The van der Waals surface area contributed by atoms with Crippen molar-refractivity contribution < 1.29 is 9.53 Å². The molecule has 0 saturated heterocycles. The summed E-state index contributed by atoms with van der Waals surface area (Å²) < 4.78 is 5.12. The second kappa shape index (κ2) is 11.7. The van der Waals surface area contributed by atoms with Gasteiger partial charge in [0.15, 0.2) is 0 Å². The van der Waals surface area contributed by atoms with Crippen LogP contribution in [0.5, 0.6) is 5.75 Å². The summed E-state index contributed by atoms with van der Waals surface area (Å²) in [5, 5.41) is 2.86. The van der Waals surface area contributed by atoms with Crippen LogP contribution in [0, 0.1) is 0 Å². The molecule has 2 rings (SSSR count). The van der Waals surface area contributed by atoms with Crippen molar-refractivity contribution in [1.29, 1.82) is 0 Å². The molecule has 2 aromatic rings. The monoisotopic (exact) mass is 413 g/mol. The maximum atomic E-state index is 12.4. The lowest BCUT2D eigenvalue weighted by atomic mass is 10.1. The van der Waals surface area contributed by atoms with Gasteiger partial charge in [-0.2, -0.15) is 0 Å². The number of carbonyl (C=O) groups excluding carboxylic acids is 1. The maximum absolute atomic E-state index is 12.4. The van der Waals surface area contributed by atoms with Crippen molar-refractivity contribution in [2.75, 3.05) is 24.7 Å². The Labute approximate surface area is 174 Å². The number of benzene rings is 2.